The molecule has 0 spiro atoms. The monoisotopic (exact) mass is 414 g/mol. The Morgan fingerprint density at radius 2 is 1.93 bits per heavy atom. The Labute approximate surface area is 169 Å². The minimum Gasteiger partial charge on any atom is -0.379 e. The Hall–Kier alpha value is -1.68. The molecule has 162 valence electrons. The first-order chi connectivity index (χ1) is 13.9. The highest BCUT2D eigenvalue weighted by Gasteiger charge is 2.32. The van der Waals surface area contributed by atoms with Gasteiger partial charge < -0.3 is 10.1 Å². The molecule has 3 unspecified atom stereocenters. The number of benzene rings is 1. The number of carbonyl (C=O) groups is 1. The molecule has 2 fully saturated rings. The van der Waals surface area contributed by atoms with E-state index in [1.807, 2.05) is 0 Å². The largest absolute Gasteiger partial charge is 0.416 e. The molecule has 6 nitrogen and oxygen atoms in total. The normalized spacial score (nSPS) is 24.4. The molecule has 3 atom stereocenters. The number of hydrogen-bond acceptors (Lipinski definition) is 5. The summed E-state index contributed by atoms with van der Waals surface area (Å²) in [5, 5.41) is 2.98. The maximum absolute atomic E-state index is 12.9. The van der Waals surface area contributed by atoms with Gasteiger partial charge in [0.1, 0.15) is 6.04 Å². The van der Waals surface area contributed by atoms with E-state index in [1.54, 1.807) is 0 Å². The van der Waals surface area contributed by atoms with Crippen molar-refractivity contribution in [3.63, 3.8) is 0 Å². The lowest BCUT2D eigenvalue weighted by Crippen LogP contribution is -2.48. The van der Waals surface area contributed by atoms with Crippen LogP contribution in [0.4, 0.5) is 13.2 Å². The van der Waals surface area contributed by atoms with Gasteiger partial charge in [-0.1, -0.05) is 25.5 Å². The van der Waals surface area contributed by atoms with E-state index < -0.39 is 11.7 Å². The first-order valence-corrected chi connectivity index (χ1v) is 10.2. The van der Waals surface area contributed by atoms with E-state index in [9.17, 15) is 18.0 Å². The lowest BCUT2D eigenvalue weighted by atomic mass is 10.0. The molecule has 3 N–H and O–H groups in total. The van der Waals surface area contributed by atoms with E-state index in [0.717, 1.165) is 37.0 Å². The summed E-state index contributed by atoms with van der Waals surface area (Å²) < 4.78 is 44.1. The molecule has 0 bridgehead atoms. The molecule has 2 heterocycles. The van der Waals surface area contributed by atoms with Crippen LogP contribution in [0.15, 0.2) is 24.3 Å². The third-order valence-electron chi connectivity index (χ3n) is 5.51. The highest BCUT2D eigenvalue weighted by molar-refractivity contribution is 5.82. The maximum Gasteiger partial charge on any atom is 0.416 e. The molecule has 2 aliphatic heterocycles. The summed E-state index contributed by atoms with van der Waals surface area (Å²) in [6, 6.07) is 4.98. The summed E-state index contributed by atoms with van der Waals surface area (Å²) in [5.41, 5.74) is 6.26. The van der Waals surface area contributed by atoms with Crippen LogP contribution in [0.5, 0.6) is 0 Å². The quantitative estimate of drug-likeness (QED) is 0.639. The van der Waals surface area contributed by atoms with Gasteiger partial charge in [0.15, 0.2) is 0 Å². The van der Waals surface area contributed by atoms with Crippen molar-refractivity contribution < 1.29 is 22.7 Å². The molecule has 0 radical (unpaired) electrons. The Kier molecular flexibility index (Phi) is 7.50. The minimum atomic E-state index is -4.36. The molecule has 0 aliphatic carbocycles. The van der Waals surface area contributed by atoms with Crippen LogP contribution in [-0.4, -0.2) is 55.7 Å². The van der Waals surface area contributed by atoms with E-state index >= 15 is 0 Å². The number of nitrogens with zero attached hydrogens (tertiary/aromatic N) is 1. The summed E-state index contributed by atoms with van der Waals surface area (Å²) in [7, 11) is 0. The smallest absolute Gasteiger partial charge is 0.379 e. The molecule has 0 saturated carbocycles. The number of rotatable bonds is 7. The highest BCUT2D eigenvalue weighted by atomic mass is 19.4. The Morgan fingerprint density at radius 3 is 2.55 bits per heavy atom. The highest BCUT2D eigenvalue weighted by Crippen LogP contribution is 2.31. The van der Waals surface area contributed by atoms with Gasteiger partial charge in [0.25, 0.3) is 0 Å². The van der Waals surface area contributed by atoms with E-state index in [0.29, 0.717) is 32.8 Å². The van der Waals surface area contributed by atoms with E-state index in [1.165, 1.54) is 12.1 Å². The second-order valence-corrected chi connectivity index (χ2v) is 7.59. The van der Waals surface area contributed by atoms with E-state index in [-0.39, 0.29) is 24.0 Å². The first kappa shape index (κ1) is 22.0. The lowest BCUT2D eigenvalue weighted by Gasteiger charge is -2.35. The zero-order valence-corrected chi connectivity index (χ0v) is 16.6. The molecule has 0 aromatic heterocycles. The van der Waals surface area contributed by atoms with Gasteiger partial charge >= 0.3 is 6.18 Å². The van der Waals surface area contributed by atoms with Crippen molar-refractivity contribution >= 4 is 5.91 Å². The van der Waals surface area contributed by atoms with Crippen LogP contribution < -0.4 is 16.2 Å². The van der Waals surface area contributed by atoms with Gasteiger partial charge in [-0.3, -0.25) is 15.1 Å². The third-order valence-corrected chi connectivity index (χ3v) is 5.51. The van der Waals surface area contributed by atoms with Crippen LogP contribution in [0.1, 0.15) is 43.4 Å². The molecule has 2 aliphatic rings. The van der Waals surface area contributed by atoms with Crippen LogP contribution in [-0.2, 0) is 15.7 Å². The number of halogens is 3. The average Bonchev–Trinajstić information content (AvgIpc) is 3.18. The van der Waals surface area contributed by atoms with Crippen molar-refractivity contribution in [3.05, 3.63) is 35.4 Å². The van der Waals surface area contributed by atoms with Crippen molar-refractivity contribution in [2.24, 2.45) is 0 Å². The Morgan fingerprint density at radius 1 is 1.24 bits per heavy atom. The Balaban J connectivity index is 1.65. The predicted octanol–water partition coefficient (Wildman–Crippen LogP) is 2.23. The van der Waals surface area contributed by atoms with Crippen LogP contribution in [0, 0.1) is 0 Å². The van der Waals surface area contributed by atoms with Gasteiger partial charge in [0.2, 0.25) is 5.91 Å². The SMILES string of the molecule is CCCC1CC(C(=O)NCC(c2ccc(C(F)(F)F)cc2)N2CCOCC2)NN1. The number of ether oxygens (including phenoxy) is 1. The third kappa shape index (κ3) is 5.91. The van der Waals surface area contributed by atoms with Crippen LogP contribution in [0.2, 0.25) is 0 Å². The summed E-state index contributed by atoms with van der Waals surface area (Å²) in [5.74, 6) is -0.0960. The fourth-order valence-electron chi connectivity index (χ4n) is 3.89. The summed E-state index contributed by atoms with van der Waals surface area (Å²) >= 11 is 0. The summed E-state index contributed by atoms with van der Waals surface area (Å²) in [6.07, 6.45) is -1.60. The standard InChI is InChI=1S/C20H29F3N4O2/c1-2-3-16-12-17(26-25-16)19(28)24-13-18(27-8-10-29-11-9-27)14-4-6-15(7-5-14)20(21,22)23/h4-7,16-18,25-26H,2-3,8-13H2,1H3,(H,24,28). The lowest BCUT2D eigenvalue weighted by molar-refractivity contribution is -0.137. The number of nitrogens with one attached hydrogen (secondary N) is 3. The summed E-state index contributed by atoms with van der Waals surface area (Å²) in [4.78, 5) is 14.7. The number of hydrazine groups is 1. The van der Waals surface area contributed by atoms with Gasteiger partial charge in [-0.2, -0.15) is 13.2 Å². The molecule has 2 saturated heterocycles. The minimum absolute atomic E-state index is 0.0960. The second kappa shape index (κ2) is 9.88. The van der Waals surface area contributed by atoms with E-state index in [2.05, 4.69) is 28.0 Å². The van der Waals surface area contributed by atoms with Gasteiger partial charge in [-0.15, -0.1) is 0 Å². The van der Waals surface area contributed by atoms with Crippen molar-refractivity contribution in [2.75, 3.05) is 32.8 Å². The maximum atomic E-state index is 12.9. The van der Waals surface area contributed by atoms with Gasteiger partial charge in [-0.25, -0.2) is 5.43 Å². The van der Waals surface area contributed by atoms with Crippen molar-refractivity contribution in [1.82, 2.24) is 21.1 Å². The van der Waals surface area contributed by atoms with Gasteiger partial charge in [0.05, 0.1) is 24.8 Å². The first-order valence-electron chi connectivity index (χ1n) is 10.2. The van der Waals surface area contributed by atoms with Crippen molar-refractivity contribution in [3.8, 4) is 0 Å². The van der Waals surface area contributed by atoms with Crippen LogP contribution in [0.25, 0.3) is 0 Å². The van der Waals surface area contributed by atoms with Crippen molar-refractivity contribution in [2.45, 2.75) is 50.5 Å². The number of morpholine rings is 1. The molecular weight excluding hydrogens is 385 g/mol. The number of amides is 1. The molecule has 3 rings (SSSR count). The van der Waals surface area contributed by atoms with Crippen LogP contribution >= 0.6 is 0 Å². The molecule has 1 aromatic carbocycles. The second-order valence-electron chi connectivity index (χ2n) is 7.59. The molecular formula is C20H29F3N4O2. The fourth-order valence-corrected chi connectivity index (χ4v) is 3.89. The molecule has 9 heteroatoms. The topological polar surface area (TPSA) is 65.6 Å². The summed E-state index contributed by atoms with van der Waals surface area (Å²) in [6.45, 7) is 4.91. The van der Waals surface area contributed by atoms with Crippen molar-refractivity contribution in [1.29, 1.82) is 0 Å². The molecule has 1 aromatic rings. The Bertz CT molecular complexity index is 663. The van der Waals surface area contributed by atoms with Gasteiger partial charge in [0, 0.05) is 25.7 Å². The zero-order chi connectivity index (χ0) is 20.9. The number of carbonyl (C=O) groups excluding carboxylic acids is 1. The zero-order valence-electron chi connectivity index (χ0n) is 16.6. The van der Waals surface area contributed by atoms with Crippen LogP contribution in [0.3, 0.4) is 0 Å². The number of hydrogen-bond donors (Lipinski definition) is 3. The molecule has 1 amide bonds. The van der Waals surface area contributed by atoms with E-state index in [4.69, 9.17) is 4.74 Å². The predicted molar refractivity (Wildman–Crippen MR) is 103 cm³/mol. The number of alkyl halides is 3. The van der Waals surface area contributed by atoms with Gasteiger partial charge in [-0.05, 0) is 30.5 Å². The fraction of sp³-hybridized carbons (Fsp3) is 0.650. The molecule has 29 heavy (non-hydrogen) atoms. The average molecular weight is 414 g/mol.